The summed E-state index contributed by atoms with van der Waals surface area (Å²) in [5.74, 6) is -1.13. The van der Waals surface area contributed by atoms with Gasteiger partial charge in [0.05, 0.1) is 10.5 Å². The fraction of sp³-hybridized carbons (Fsp3) is 0.556. The molecule has 0 radical (unpaired) electrons. The van der Waals surface area contributed by atoms with E-state index in [1.54, 1.807) is 13.0 Å². The Labute approximate surface area is 154 Å². The second-order valence-corrected chi connectivity index (χ2v) is 8.95. The van der Waals surface area contributed by atoms with E-state index in [1.165, 1.54) is 12.1 Å². The maximum atomic E-state index is 12.3. The summed E-state index contributed by atoms with van der Waals surface area (Å²) >= 11 is 0. The van der Waals surface area contributed by atoms with Crippen molar-refractivity contribution < 1.29 is 22.7 Å². The van der Waals surface area contributed by atoms with E-state index in [1.807, 2.05) is 20.8 Å². The van der Waals surface area contributed by atoms with Crippen molar-refractivity contribution in [2.45, 2.75) is 63.4 Å². The first-order chi connectivity index (χ1) is 12.0. The van der Waals surface area contributed by atoms with Crippen LogP contribution in [0.2, 0.25) is 0 Å². The van der Waals surface area contributed by atoms with E-state index in [4.69, 9.17) is 4.74 Å². The monoisotopic (exact) mass is 382 g/mol. The SMILES string of the molecule is CCC(C)(C)NC(=O)COC(=O)c1cc(S(=O)(=O)NC2CC2)ccc1C. The number of amides is 1. The number of nitrogens with one attached hydrogen (secondary N) is 2. The average Bonchev–Trinajstić information content (AvgIpc) is 3.35. The van der Waals surface area contributed by atoms with Crippen molar-refractivity contribution in [1.82, 2.24) is 10.0 Å². The topological polar surface area (TPSA) is 102 Å². The molecule has 0 spiro atoms. The minimum absolute atomic E-state index is 0.0125. The van der Waals surface area contributed by atoms with Crippen LogP contribution in [0.3, 0.4) is 0 Å². The van der Waals surface area contributed by atoms with Gasteiger partial charge in [0, 0.05) is 11.6 Å². The van der Waals surface area contributed by atoms with Crippen molar-refractivity contribution in [3.05, 3.63) is 29.3 Å². The molecule has 1 aliphatic carbocycles. The van der Waals surface area contributed by atoms with Crippen LogP contribution in [0.1, 0.15) is 56.0 Å². The molecule has 2 rings (SSSR count). The van der Waals surface area contributed by atoms with Gasteiger partial charge < -0.3 is 10.1 Å². The molecule has 0 saturated heterocycles. The second kappa shape index (κ2) is 7.75. The summed E-state index contributed by atoms with van der Waals surface area (Å²) in [7, 11) is -3.67. The zero-order chi connectivity index (χ0) is 19.5. The first kappa shape index (κ1) is 20.4. The molecule has 0 aromatic heterocycles. The van der Waals surface area contributed by atoms with Crippen molar-refractivity contribution in [2.24, 2.45) is 0 Å². The molecule has 1 saturated carbocycles. The summed E-state index contributed by atoms with van der Waals surface area (Å²) in [5, 5.41) is 2.77. The molecule has 0 bridgehead atoms. The van der Waals surface area contributed by atoms with Crippen molar-refractivity contribution in [1.29, 1.82) is 0 Å². The van der Waals surface area contributed by atoms with Gasteiger partial charge in [0.15, 0.2) is 6.61 Å². The number of rotatable bonds is 8. The van der Waals surface area contributed by atoms with Crippen LogP contribution >= 0.6 is 0 Å². The lowest BCUT2D eigenvalue weighted by molar-refractivity contribution is -0.125. The number of sulfonamides is 1. The first-order valence-corrected chi connectivity index (χ1v) is 10.1. The Morgan fingerprint density at radius 1 is 1.27 bits per heavy atom. The molecule has 26 heavy (non-hydrogen) atoms. The summed E-state index contributed by atoms with van der Waals surface area (Å²) in [4.78, 5) is 24.2. The highest BCUT2D eigenvalue weighted by atomic mass is 32.2. The minimum Gasteiger partial charge on any atom is -0.452 e. The fourth-order valence-corrected chi connectivity index (χ4v) is 3.52. The summed E-state index contributed by atoms with van der Waals surface area (Å²) in [6, 6.07) is 4.27. The van der Waals surface area contributed by atoms with Gasteiger partial charge in [-0.05, 0) is 57.7 Å². The third-order valence-electron chi connectivity index (χ3n) is 4.33. The van der Waals surface area contributed by atoms with Crippen LogP contribution in [0.15, 0.2) is 23.1 Å². The highest BCUT2D eigenvalue weighted by molar-refractivity contribution is 7.89. The number of carbonyl (C=O) groups excluding carboxylic acids is 2. The molecule has 0 heterocycles. The van der Waals surface area contributed by atoms with Crippen LogP contribution in [-0.2, 0) is 19.6 Å². The first-order valence-electron chi connectivity index (χ1n) is 8.65. The van der Waals surface area contributed by atoms with Gasteiger partial charge in [0.2, 0.25) is 10.0 Å². The molecule has 1 aromatic rings. The third-order valence-corrected chi connectivity index (χ3v) is 5.85. The predicted octanol–water partition coefficient (Wildman–Crippen LogP) is 1.90. The van der Waals surface area contributed by atoms with Gasteiger partial charge in [-0.25, -0.2) is 17.9 Å². The van der Waals surface area contributed by atoms with Gasteiger partial charge in [-0.3, -0.25) is 4.79 Å². The van der Waals surface area contributed by atoms with Crippen molar-refractivity contribution in [3.63, 3.8) is 0 Å². The molecule has 0 unspecified atom stereocenters. The molecule has 8 heteroatoms. The molecular weight excluding hydrogens is 356 g/mol. The number of hydrogen-bond donors (Lipinski definition) is 2. The lowest BCUT2D eigenvalue weighted by Gasteiger charge is -2.24. The highest BCUT2D eigenvalue weighted by Gasteiger charge is 2.28. The van der Waals surface area contributed by atoms with E-state index >= 15 is 0 Å². The Bertz CT molecular complexity index is 798. The van der Waals surface area contributed by atoms with Crippen LogP contribution in [0.4, 0.5) is 0 Å². The van der Waals surface area contributed by atoms with E-state index < -0.39 is 28.5 Å². The number of esters is 1. The van der Waals surface area contributed by atoms with Gasteiger partial charge >= 0.3 is 5.97 Å². The smallest absolute Gasteiger partial charge is 0.338 e. The molecule has 0 atom stereocenters. The summed E-state index contributed by atoms with van der Waals surface area (Å²) in [6.07, 6.45) is 2.38. The lowest BCUT2D eigenvalue weighted by atomic mass is 10.0. The molecule has 1 aliphatic rings. The zero-order valence-electron chi connectivity index (χ0n) is 15.6. The Kier molecular flexibility index (Phi) is 6.08. The summed E-state index contributed by atoms with van der Waals surface area (Å²) in [5.41, 5.74) is 0.322. The Morgan fingerprint density at radius 2 is 1.92 bits per heavy atom. The van der Waals surface area contributed by atoms with E-state index in [-0.39, 0.29) is 22.0 Å². The Balaban J connectivity index is 2.06. The molecule has 7 nitrogen and oxygen atoms in total. The summed E-state index contributed by atoms with van der Waals surface area (Å²) < 4.78 is 32.2. The maximum Gasteiger partial charge on any atom is 0.338 e. The van der Waals surface area contributed by atoms with Crippen LogP contribution in [0, 0.1) is 6.92 Å². The predicted molar refractivity (Wildman–Crippen MR) is 97.3 cm³/mol. The highest BCUT2D eigenvalue weighted by Crippen LogP contribution is 2.23. The lowest BCUT2D eigenvalue weighted by Crippen LogP contribution is -2.44. The normalized spacial score (nSPS) is 14.8. The molecule has 1 aromatic carbocycles. The molecule has 1 amide bonds. The van der Waals surface area contributed by atoms with Crippen molar-refractivity contribution in [3.8, 4) is 0 Å². The zero-order valence-corrected chi connectivity index (χ0v) is 16.4. The molecule has 0 aliphatic heterocycles. The van der Waals surface area contributed by atoms with E-state index in [0.717, 1.165) is 19.3 Å². The van der Waals surface area contributed by atoms with Gasteiger partial charge in [0.1, 0.15) is 0 Å². The number of carbonyl (C=O) groups is 2. The number of benzene rings is 1. The van der Waals surface area contributed by atoms with Crippen LogP contribution in [0.5, 0.6) is 0 Å². The van der Waals surface area contributed by atoms with E-state index in [2.05, 4.69) is 10.0 Å². The summed E-state index contributed by atoms with van der Waals surface area (Å²) in [6.45, 7) is 6.95. The fourth-order valence-electron chi connectivity index (χ4n) is 2.19. The van der Waals surface area contributed by atoms with Crippen molar-refractivity contribution in [2.75, 3.05) is 6.61 Å². The maximum absolute atomic E-state index is 12.3. The van der Waals surface area contributed by atoms with Gasteiger partial charge in [-0.2, -0.15) is 0 Å². The largest absolute Gasteiger partial charge is 0.452 e. The van der Waals surface area contributed by atoms with Gasteiger partial charge in [-0.15, -0.1) is 0 Å². The Hall–Kier alpha value is -1.93. The number of aryl methyl sites for hydroxylation is 1. The van der Waals surface area contributed by atoms with Crippen LogP contribution < -0.4 is 10.0 Å². The number of hydrogen-bond acceptors (Lipinski definition) is 5. The van der Waals surface area contributed by atoms with Crippen LogP contribution in [0.25, 0.3) is 0 Å². The second-order valence-electron chi connectivity index (χ2n) is 7.23. The minimum atomic E-state index is -3.67. The van der Waals surface area contributed by atoms with Crippen molar-refractivity contribution >= 4 is 21.9 Å². The standard InChI is InChI=1S/C18H26N2O5S/c1-5-18(3,4)19-16(21)11-25-17(22)15-10-14(9-6-12(15)2)26(23,24)20-13-7-8-13/h6,9-10,13,20H,5,7-8,11H2,1-4H3,(H,19,21). The van der Waals surface area contributed by atoms with E-state index in [9.17, 15) is 18.0 Å². The third kappa shape index (κ3) is 5.54. The van der Waals surface area contributed by atoms with Gasteiger partial charge in [-0.1, -0.05) is 13.0 Å². The van der Waals surface area contributed by atoms with E-state index in [0.29, 0.717) is 5.56 Å². The average molecular weight is 382 g/mol. The van der Waals surface area contributed by atoms with Gasteiger partial charge in [0.25, 0.3) is 5.91 Å². The molecule has 2 N–H and O–H groups in total. The van der Waals surface area contributed by atoms with Crippen LogP contribution in [-0.4, -0.2) is 38.5 Å². The molecule has 1 fully saturated rings. The molecular formula is C18H26N2O5S. The number of ether oxygens (including phenoxy) is 1. The quantitative estimate of drug-likeness (QED) is 0.669. The molecule has 144 valence electrons. The Morgan fingerprint density at radius 3 is 2.50 bits per heavy atom.